The molecule has 1 fully saturated rings. The summed E-state index contributed by atoms with van der Waals surface area (Å²) in [5, 5.41) is 17.3. The number of carbonyl (C=O) groups is 1. The molecule has 1 N–H and O–H groups in total. The van der Waals surface area contributed by atoms with Crippen LogP contribution in [0.4, 0.5) is 0 Å². The monoisotopic (exact) mass is 207 g/mol. The second-order valence-electron chi connectivity index (χ2n) is 4.44. The minimum atomic E-state index is -0.691. The Labute approximate surface area is 87.1 Å². The molecule has 0 saturated heterocycles. The molecular formula is C10H13N3O2. The number of hydrogen-bond donors (Lipinski definition) is 1. The Morgan fingerprint density at radius 1 is 1.40 bits per heavy atom. The van der Waals surface area contributed by atoms with E-state index >= 15 is 0 Å². The van der Waals surface area contributed by atoms with E-state index in [2.05, 4.69) is 10.3 Å². The number of carboxylic acids is 1. The number of carboxylic acid groups (broad SMARTS) is 1. The first kappa shape index (κ1) is 8.88. The van der Waals surface area contributed by atoms with E-state index in [1.165, 1.54) is 0 Å². The van der Waals surface area contributed by atoms with Crippen molar-refractivity contribution in [3.05, 3.63) is 11.4 Å². The number of rotatable bonds is 2. The minimum absolute atomic E-state index is 0.242. The average Bonchev–Trinajstić information content (AvgIpc) is 2.98. The molecule has 0 unspecified atom stereocenters. The van der Waals surface area contributed by atoms with Crippen molar-refractivity contribution in [2.45, 2.75) is 38.1 Å². The van der Waals surface area contributed by atoms with Gasteiger partial charge in [0.25, 0.3) is 0 Å². The highest BCUT2D eigenvalue weighted by Gasteiger charge is 2.33. The zero-order valence-corrected chi connectivity index (χ0v) is 8.39. The van der Waals surface area contributed by atoms with Gasteiger partial charge in [0.2, 0.25) is 0 Å². The molecule has 1 aromatic rings. The zero-order chi connectivity index (χ0) is 10.4. The van der Waals surface area contributed by atoms with Gasteiger partial charge in [-0.15, -0.1) is 5.10 Å². The highest BCUT2D eigenvalue weighted by atomic mass is 16.4. The van der Waals surface area contributed by atoms with Gasteiger partial charge in [0, 0.05) is 6.42 Å². The fourth-order valence-electron chi connectivity index (χ4n) is 2.22. The third kappa shape index (κ3) is 1.42. The SMILES string of the molecule is O=C(O)[C@H]1CCc2nnn(C3CC3)c2C1. The Morgan fingerprint density at radius 2 is 2.20 bits per heavy atom. The predicted octanol–water partition coefficient (Wildman–Crippen LogP) is 0.802. The van der Waals surface area contributed by atoms with Crippen molar-refractivity contribution in [3.63, 3.8) is 0 Å². The van der Waals surface area contributed by atoms with Gasteiger partial charge in [-0.05, 0) is 25.7 Å². The minimum Gasteiger partial charge on any atom is -0.481 e. The summed E-state index contributed by atoms with van der Waals surface area (Å²) >= 11 is 0. The van der Waals surface area contributed by atoms with Crippen molar-refractivity contribution in [2.24, 2.45) is 5.92 Å². The van der Waals surface area contributed by atoms with Crippen LogP contribution in [0, 0.1) is 5.92 Å². The number of aromatic nitrogens is 3. The Hall–Kier alpha value is -1.39. The van der Waals surface area contributed by atoms with Gasteiger partial charge in [-0.2, -0.15) is 0 Å². The second-order valence-corrected chi connectivity index (χ2v) is 4.44. The average molecular weight is 207 g/mol. The summed E-state index contributed by atoms with van der Waals surface area (Å²) in [6, 6.07) is 0.494. The zero-order valence-electron chi connectivity index (χ0n) is 8.39. The molecule has 2 aliphatic carbocycles. The van der Waals surface area contributed by atoms with Gasteiger partial charge >= 0.3 is 5.97 Å². The summed E-state index contributed by atoms with van der Waals surface area (Å²) in [7, 11) is 0. The maximum absolute atomic E-state index is 10.9. The fraction of sp³-hybridized carbons (Fsp3) is 0.700. The largest absolute Gasteiger partial charge is 0.481 e. The van der Waals surface area contributed by atoms with E-state index in [9.17, 15) is 4.79 Å². The standard InChI is InChI=1S/C10H13N3O2/c14-10(15)6-1-4-8-9(5-6)13(12-11-8)7-2-3-7/h6-7H,1-5H2,(H,14,15)/t6-/m0/s1. The first-order valence-electron chi connectivity index (χ1n) is 5.41. The number of aryl methyl sites for hydroxylation is 1. The van der Waals surface area contributed by atoms with Crippen LogP contribution in [-0.4, -0.2) is 26.1 Å². The van der Waals surface area contributed by atoms with Gasteiger partial charge in [0.05, 0.1) is 23.3 Å². The van der Waals surface area contributed by atoms with Crippen LogP contribution in [0.25, 0.3) is 0 Å². The maximum Gasteiger partial charge on any atom is 0.306 e. The van der Waals surface area contributed by atoms with E-state index in [1.807, 2.05) is 4.68 Å². The van der Waals surface area contributed by atoms with Crippen molar-refractivity contribution in [1.82, 2.24) is 15.0 Å². The van der Waals surface area contributed by atoms with Crippen LogP contribution in [0.2, 0.25) is 0 Å². The van der Waals surface area contributed by atoms with Gasteiger partial charge in [-0.1, -0.05) is 5.21 Å². The summed E-state index contributed by atoms with van der Waals surface area (Å²) in [5.74, 6) is -0.933. The lowest BCUT2D eigenvalue weighted by atomic mass is 9.90. The van der Waals surface area contributed by atoms with E-state index in [-0.39, 0.29) is 5.92 Å². The summed E-state index contributed by atoms with van der Waals surface area (Å²) in [6.45, 7) is 0. The van der Waals surface area contributed by atoms with Crippen LogP contribution in [-0.2, 0) is 17.6 Å². The summed E-state index contributed by atoms with van der Waals surface area (Å²) in [5.41, 5.74) is 2.08. The predicted molar refractivity (Wildman–Crippen MR) is 51.4 cm³/mol. The molecule has 1 saturated carbocycles. The van der Waals surface area contributed by atoms with E-state index in [4.69, 9.17) is 5.11 Å². The lowest BCUT2D eigenvalue weighted by molar-refractivity contribution is -0.142. The van der Waals surface area contributed by atoms with Crippen LogP contribution >= 0.6 is 0 Å². The van der Waals surface area contributed by atoms with Crippen molar-refractivity contribution < 1.29 is 9.90 Å². The second kappa shape index (κ2) is 3.05. The van der Waals surface area contributed by atoms with Gasteiger partial charge in [0.15, 0.2) is 0 Å². The molecule has 1 atom stereocenters. The van der Waals surface area contributed by atoms with E-state index in [0.717, 1.165) is 30.7 Å². The molecule has 80 valence electrons. The molecule has 1 heterocycles. The number of aliphatic carboxylic acids is 1. The quantitative estimate of drug-likeness (QED) is 0.779. The fourth-order valence-corrected chi connectivity index (χ4v) is 2.22. The van der Waals surface area contributed by atoms with Gasteiger partial charge in [0.1, 0.15) is 0 Å². The van der Waals surface area contributed by atoms with Crippen molar-refractivity contribution in [1.29, 1.82) is 0 Å². The van der Waals surface area contributed by atoms with E-state index < -0.39 is 5.97 Å². The number of nitrogens with zero attached hydrogens (tertiary/aromatic N) is 3. The normalized spacial score (nSPS) is 24.9. The molecular weight excluding hydrogens is 194 g/mol. The smallest absolute Gasteiger partial charge is 0.306 e. The molecule has 3 rings (SSSR count). The molecule has 2 aliphatic rings. The first-order valence-corrected chi connectivity index (χ1v) is 5.41. The number of fused-ring (bicyclic) bond motifs is 1. The van der Waals surface area contributed by atoms with Crippen molar-refractivity contribution >= 4 is 5.97 Å². The van der Waals surface area contributed by atoms with Gasteiger partial charge < -0.3 is 5.11 Å². The van der Waals surface area contributed by atoms with Gasteiger partial charge in [-0.3, -0.25) is 4.79 Å². The Morgan fingerprint density at radius 3 is 2.87 bits per heavy atom. The molecule has 0 amide bonds. The Bertz CT molecular complexity index is 409. The third-order valence-electron chi connectivity index (χ3n) is 3.28. The molecule has 15 heavy (non-hydrogen) atoms. The molecule has 5 nitrogen and oxygen atoms in total. The molecule has 0 aliphatic heterocycles. The lowest BCUT2D eigenvalue weighted by Crippen LogP contribution is -2.23. The van der Waals surface area contributed by atoms with Crippen molar-refractivity contribution in [2.75, 3.05) is 0 Å². The van der Waals surface area contributed by atoms with Crippen LogP contribution in [0.15, 0.2) is 0 Å². The lowest BCUT2D eigenvalue weighted by Gasteiger charge is -2.18. The van der Waals surface area contributed by atoms with Crippen LogP contribution in [0.1, 0.15) is 36.7 Å². The first-order chi connectivity index (χ1) is 7.25. The number of hydrogen-bond acceptors (Lipinski definition) is 3. The molecule has 1 aromatic heterocycles. The maximum atomic E-state index is 10.9. The van der Waals surface area contributed by atoms with E-state index in [0.29, 0.717) is 18.9 Å². The van der Waals surface area contributed by atoms with Crippen molar-refractivity contribution in [3.8, 4) is 0 Å². The van der Waals surface area contributed by atoms with Gasteiger partial charge in [-0.25, -0.2) is 4.68 Å². The summed E-state index contributed by atoms with van der Waals surface area (Å²) < 4.78 is 1.95. The topological polar surface area (TPSA) is 68.0 Å². The highest BCUT2D eigenvalue weighted by molar-refractivity contribution is 5.70. The highest BCUT2D eigenvalue weighted by Crippen LogP contribution is 2.37. The molecule has 5 heteroatoms. The summed E-state index contributed by atoms with van der Waals surface area (Å²) in [6.07, 6.45) is 4.39. The molecule has 0 spiro atoms. The van der Waals surface area contributed by atoms with Crippen LogP contribution in [0.3, 0.4) is 0 Å². The summed E-state index contributed by atoms with van der Waals surface area (Å²) in [4.78, 5) is 10.9. The molecule has 0 radical (unpaired) electrons. The Balaban J connectivity index is 1.91. The Kier molecular flexibility index (Phi) is 1.81. The van der Waals surface area contributed by atoms with Crippen LogP contribution in [0.5, 0.6) is 0 Å². The third-order valence-corrected chi connectivity index (χ3v) is 3.28. The van der Waals surface area contributed by atoms with E-state index in [1.54, 1.807) is 0 Å². The molecule has 0 aromatic carbocycles. The molecule has 0 bridgehead atoms. The van der Waals surface area contributed by atoms with Crippen LogP contribution < -0.4 is 0 Å².